The fraction of sp³-hybridized carbons (Fsp3) is 0.471. The second-order valence-electron chi connectivity index (χ2n) is 5.56. The number of hydrogen-bond donors (Lipinski definition) is 1. The summed E-state index contributed by atoms with van der Waals surface area (Å²) in [4.78, 5) is 14.5. The van der Waals surface area contributed by atoms with Crippen molar-refractivity contribution in [1.29, 1.82) is 0 Å². The summed E-state index contributed by atoms with van der Waals surface area (Å²) in [6, 6.07) is 7.80. The fourth-order valence-corrected chi connectivity index (χ4v) is 2.72. The van der Waals surface area contributed by atoms with Crippen molar-refractivity contribution < 1.29 is 4.79 Å². The van der Waals surface area contributed by atoms with Gasteiger partial charge in [-0.1, -0.05) is 18.8 Å². The van der Waals surface area contributed by atoms with E-state index in [0.717, 1.165) is 30.5 Å². The summed E-state index contributed by atoms with van der Waals surface area (Å²) in [5, 5.41) is 0. The van der Waals surface area contributed by atoms with Crippen LogP contribution in [0.2, 0.25) is 0 Å². The molecule has 0 spiro atoms. The van der Waals surface area contributed by atoms with Gasteiger partial charge in [-0.2, -0.15) is 0 Å². The van der Waals surface area contributed by atoms with Crippen molar-refractivity contribution in [2.24, 2.45) is 11.7 Å². The number of piperidine rings is 1. The molecule has 20 heavy (non-hydrogen) atoms. The molecule has 0 aliphatic carbocycles. The van der Waals surface area contributed by atoms with Crippen LogP contribution in [0.25, 0.3) is 0 Å². The first kappa shape index (κ1) is 14.6. The third-order valence-electron chi connectivity index (χ3n) is 3.87. The summed E-state index contributed by atoms with van der Waals surface area (Å²) in [5.41, 5.74) is 6.98. The number of carbonyl (C=O) groups is 1. The minimum absolute atomic E-state index is 0.128. The van der Waals surface area contributed by atoms with Crippen LogP contribution in [0.1, 0.15) is 42.6 Å². The number of likely N-dealkylation sites (tertiary alicyclic amines) is 1. The number of rotatable bonds is 1. The second-order valence-corrected chi connectivity index (χ2v) is 5.56. The van der Waals surface area contributed by atoms with E-state index in [2.05, 4.69) is 25.7 Å². The van der Waals surface area contributed by atoms with Gasteiger partial charge in [-0.25, -0.2) is 0 Å². The Balaban J connectivity index is 2.09. The van der Waals surface area contributed by atoms with Crippen LogP contribution < -0.4 is 5.73 Å². The molecular formula is C17H22N2O. The lowest BCUT2D eigenvalue weighted by molar-refractivity contribution is 0.0588. The quantitative estimate of drug-likeness (QED) is 0.796. The van der Waals surface area contributed by atoms with Crippen molar-refractivity contribution in [3.8, 4) is 11.8 Å². The number of nitrogens with two attached hydrogens (primary N) is 1. The maximum atomic E-state index is 12.5. The molecule has 2 atom stereocenters. The molecule has 1 aromatic rings. The molecular weight excluding hydrogens is 248 g/mol. The van der Waals surface area contributed by atoms with Gasteiger partial charge in [0.1, 0.15) is 0 Å². The number of carbonyl (C=O) groups excluding carboxylic acids is 1. The highest BCUT2D eigenvalue weighted by molar-refractivity contribution is 5.94. The molecule has 2 unspecified atom stereocenters. The molecule has 1 heterocycles. The van der Waals surface area contributed by atoms with Crippen molar-refractivity contribution in [2.45, 2.75) is 32.7 Å². The molecule has 3 nitrogen and oxygen atoms in total. The van der Waals surface area contributed by atoms with Crippen LogP contribution in [0.3, 0.4) is 0 Å². The number of benzene rings is 1. The van der Waals surface area contributed by atoms with Gasteiger partial charge in [-0.3, -0.25) is 4.79 Å². The zero-order chi connectivity index (χ0) is 14.5. The number of nitrogens with zero attached hydrogens (tertiary/aromatic N) is 1. The highest BCUT2D eigenvalue weighted by Gasteiger charge is 2.27. The first-order valence-electron chi connectivity index (χ1n) is 7.21. The van der Waals surface area contributed by atoms with Gasteiger partial charge in [0.05, 0.1) is 6.54 Å². The standard InChI is InChI=1S/C17H22N2O/c1-13-9-11-19(14(2)12-13)17(20)16-7-5-15(6-8-16)4-3-10-18/h5-8,13-14H,9-12,18H2,1-2H3. The van der Waals surface area contributed by atoms with Gasteiger partial charge in [0, 0.05) is 23.7 Å². The van der Waals surface area contributed by atoms with Crippen molar-refractivity contribution in [1.82, 2.24) is 4.90 Å². The molecule has 106 valence electrons. The highest BCUT2D eigenvalue weighted by Crippen LogP contribution is 2.23. The Morgan fingerprint density at radius 1 is 1.35 bits per heavy atom. The lowest BCUT2D eigenvalue weighted by Crippen LogP contribution is -2.44. The SMILES string of the molecule is CC1CCN(C(=O)c2ccc(C#CCN)cc2)C(C)C1. The molecule has 3 heteroatoms. The largest absolute Gasteiger partial charge is 0.336 e. The van der Waals surface area contributed by atoms with Crippen LogP contribution in [0, 0.1) is 17.8 Å². The summed E-state index contributed by atoms with van der Waals surface area (Å²) in [5.74, 6) is 6.61. The Bertz CT molecular complexity index is 524. The summed E-state index contributed by atoms with van der Waals surface area (Å²) >= 11 is 0. The Labute approximate surface area is 121 Å². The first-order valence-corrected chi connectivity index (χ1v) is 7.21. The average Bonchev–Trinajstić information content (AvgIpc) is 2.45. The summed E-state index contributed by atoms with van der Waals surface area (Å²) in [7, 11) is 0. The van der Waals surface area contributed by atoms with Gasteiger partial charge < -0.3 is 10.6 Å². The number of hydrogen-bond acceptors (Lipinski definition) is 2. The first-order chi connectivity index (χ1) is 9.61. The maximum Gasteiger partial charge on any atom is 0.254 e. The molecule has 1 aromatic carbocycles. The van der Waals surface area contributed by atoms with E-state index in [1.165, 1.54) is 0 Å². The number of amides is 1. The van der Waals surface area contributed by atoms with E-state index < -0.39 is 0 Å². The van der Waals surface area contributed by atoms with E-state index in [-0.39, 0.29) is 5.91 Å². The molecule has 1 fully saturated rings. The van der Waals surface area contributed by atoms with Crippen LogP contribution in [0.4, 0.5) is 0 Å². The van der Waals surface area contributed by atoms with Gasteiger partial charge >= 0.3 is 0 Å². The minimum Gasteiger partial charge on any atom is -0.336 e. The van der Waals surface area contributed by atoms with E-state index in [9.17, 15) is 4.79 Å². The van der Waals surface area contributed by atoms with Crippen LogP contribution in [-0.2, 0) is 0 Å². The molecule has 1 amide bonds. The van der Waals surface area contributed by atoms with E-state index in [0.29, 0.717) is 18.5 Å². The molecule has 0 bridgehead atoms. The van der Waals surface area contributed by atoms with E-state index in [1.54, 1.807) is 0 Å². The normalized spacial score (nSPS) is 22.1. The van der Waals surface area contributed by atoms with Crippen molar-refractivity contribution in [3.63, 3.8) is 0 Å². The maximum absolute atomic E-state index is 12.5. The zero-order valence-electron chi connectivity index (χ0n) is 12.2. The predicted molar refractivity (Wildman–Crippen MR) is 81.3 cm³/mol. The lowest BCUT2D eigenvalue weighted by atomic mass is 9.93. The van der Waals surface area contributed by atoms with E-state index >= 15 is 0 Å². The second kappa shape index (κ2) is 6.58. The Morgan fingerprint density at radius 2 is 2.05 bits per heavy atom. The van der Waals surface area contributed by atoms with Crippen LogP contribution in [0.15, 0.2) is 24.3 Å². The van der Waals surface area contributed by atoms with E-state index in [4.69, 9.17) is 5.73 Å². The Kier molecular flexibility index (Phi) is 4.81. The highest BCUT2D eigenvalue weighted by atomic mass is 16.2. The average molecular weight is 270 g/mol. The molecule has 1 aliphatic rings. The van der Waals surface area contributed by atoms with Gasteiger partial charge in [-0.15, -0.1) is 0 Å². The van der Waals surface area contributed by atoms with Gasteiger partial charge in [0.25, 0.3) is 5.91 Å². The zero-order valence-corrected chi connectivity index (χ0v) is 12.2. The summed E-state index contributed by atoms with van der Waals surface area (Å²) in [6.45, 7) is 5.60. The molecule has 2 rings (SSSR count). The Morgan fingerprint density at radius 3 is 2.65 bits per heavy atom. The molecule has 2 N–H and O–H groups in total. The van der Waals surface area contributed by atoms with Crippen LogP contribution >= 0.6 is 0 Å². The fourth-order valence-electron chi connectivity index (χ4n) is 2.72. The van der Waals surface area contributed by atoms with Crippen LogP contribution in [-0.4, -0.2) is 29.9 Å². The molecule has 1 saturated heterocycles. The third kappa shape index (κ3) is 3.40. The van der Waals surface area contributed by atoms with Crippen molar-refractivity contribution in [2.75, 3.05) is 13.1 Å². The van der Waals surface area contributed by atoms with Crippen molar-refractivity contribution >= 4 is 5.91 Å². The van der Waals surface area contributed by atoms with Gasteiger partial charge in [-0.05, 0) is 49.9 Å². The monoisotopic (exact) mass is 270 g/mol. The smallest absolute Gasteiger partial charge is 0.254 e. The molecule has 0 radical (unpaired) electrons. The molecule has 0 saturated carbocycles. The van der Waals surface area contributed by atoms with Gasteiger partial charge in [0.15, 0.2) is 0 Å². The molecule has 0 aromatic heterocycles. The predicted octanol–water partition coefficient (Wildman–Crippen LogP) is 2.26. The third-order valence-corrected chi connectivity index (χ3v) is 3.87. The minimum atomic E-state index is 0.128. The van der Waals surface area contributed by atoms with Crippen LogP contribution in [0.5, 0.6) is 0 Å². The summed E-state index contributed by atoms with van der Waals surface area (Å²) in [6.07, 6.45) is 2.18. The van der Waals surface area contributed by atoms with E-state index in [1.807, 2.05) is 29.2 Å². The lowest BCUT2D eigenvalue weighted by Gasteiger charge is -2.36. The van der Waals surface area contributed by atoms with Crippen molar-refractivity contribution in [3.05, 3.63) is 35.4 Å². The molecule has 1 aliphatic heterocycles. The topological polar surface area (TPSA) is 46.3 Å². The Hall–Kier alpha value is -1.79. The van der Waals surface area contributed by atoms with Gasteiger partial charge in [0.2, 0.25) is 0 Å². The summed E-state index contributed by atoms with van der Waals surface area (Å²) < 4.78 is 0.